The van der Waals surface area contributed by atoms with Crippen LogP contribution < -0.4 is 10.0 Å². The van der Waals surface area contributed by atoms with Gasteiger partial charge in [-0.1, -0.05) is 17.7 Å². The van der Waals surface area contributed by atoms with E-state index in [4.69, 9.17) is 11.6 Å². The van der Waals surface area contributed by atoms with E-state index in [2.05, 4.69) is 10.0 Å². The molecule has 1 aromatic carbocycles. The van der Waals surface area contributed by atoms with Crippen molar-refractivity contribution in [2.24, 2.45) is 0 Å². The molecule has 0 bridgehead atoms. The third kappa shape index (κ3) is 5.63. The molecule has 4 nitrogen and oxygen atoms in total. The number of rotatable bonds is 6. The van der Waals surface area contributed by atoms with Gasteiger partial charge in [0.05, 0.1) is 10.6 Å². The summed E-state index contributed by atoms with van der Waals surface area (Å²) in [7, 11) is -2.63. The van der Waals surface area contributed by atoms with Gasteiger partial charge in [0.2, 0.25) is 10.0 Å². The molecule has 0 saturated carbocycles. The quantitative estimate of drug-likeness (QED) is 0.761. The summed E-state index contributed by atoms with van der Waals surface area (Å²) < 4.78 is 64.6. The van der Waals surface area contributed by atoms with Crippen molar-refractivity contribution in [3.8, 4) is 0 Å². The standard InChI is InChI=1S/C11H14ClF3N2O2S.ClH/c1-16-6-3-7-17-20(18,19)10-8(11(13,14)15)4-2-5-9(10)12;/h2,4-5,16-17H,3,6-7H2,1H3;1H. The minimum Gasteiger partial charge on any atom is -0.320 e. The predicted molar refractivity (Wildman–Crippen MR) is 77.4 cm³/mol. The van der Waals surface area contributed by atoms with E-state index < -0.39 is 31.7 Å². The van der Waals surface area contributed by atoms with Crippen molar-refractivity contribution in [2.75, 3.05) is 20.1 Å². The lowest BCUT2D eigenvalue weighted by Crippen LogP contribution is -2.29. The van der Waals surface area contributed by atoms with Gasteiger partial charge in [0.15, 0.2) is 0 Å². The Bertz CT molecular complexity index is 565. The fourth-order valence-corrected chi connectivity index (χ4v) is 3.38. The second-order valence-corrected chi connectivity index (χ2v) is 6.08. The van der Waals surface area contributed by atoms with Crippen LogP contribution in [0.2, 0.25) is 5.02 Å². The Morgan fingerprint density at radius 1 is 1.24 bits per heavy atom. The maximum absolute atomic E-state index is 12.8. The molecule has 0 radical (unpaired) electrons. The van der Waals surface area contributed by atoms with Crippen LogP contribution in [-0.4, -0.2) is 28.6 Å². The van der Waals surface area contributed by atoms with Crippen LogP contribution >= 0.6 is 24.0 Å². The molecular weight excluding hydrogens is 352 g/mol. The van der Waals surface area contributed by atoms with E-state index in [0.29, 0.717) is 19.0 Å². The first kappa shape index (κ1) is 20.5. The molecule has 0 unspecified atom stereocenters. The van der Waals surface area contributed by atoms with Crippen LogP contribution in [0.5, 0.6) is 0 Å². The van der Waals surface area contributed by atoms with E-state index in [1.54, 1.807) is 7.05 Å². The van der Waals surface area contributed by atoms with E-state index in [-0.39, 0.29) is 19.0 Å². The summed E-state index contributed by atoms with van der Waals surface area (Å²) in [4.78, 5) is -0.932. The van der Waals surface area contributed by atoms with Crippen molar-refractivity contribution < 1.29 is 21.6 Å². The summed E-state index contributed by atoms with van der Waals surface area (Å²) in [6.07, 6.45) is -4.35. The minimum atomic E-state index is -4.79. The number of halogens is 5. The molecule has 0 aromatic heterocycles. The van der Waals surface area contributed by atoms with Gasteiger partial charge in [0.25, 0.3) is 0 Å². The Morgan fingerprint density at radius 3 is 2.38 bits per heavy atom. The van der Waals surface area contributed by atoms with E-state index in [1.165, 1.54) is 0 Å². The molecule has 0 heterocycles. The Labute approximate surface area is 132 Å². The molecule has 1 aromatic rings. The fourth-order valence-electron chi connectivity index (χ4n) is 1.55. The molecular formula is C11H15Cl2F3N2O2S. The highest BCUT2D eigenvalue weighted by Gasteiger charge is 2.38. The minimum absolute atomic E-state index is 0. The maximum atomic E-state index is 12.8. The monoisotopic (exact) mass is 366 g/mol. The van der Waals surface area contributed by atoms with Crippen LogP contribution in [0.25, 0.3) is 0 Å². The summed E-state index contributed by atoms with van der Waals surface area (Å²) in [5.41, 5.74) is -1.27. The number of nitrogens with one attached hydrogen (secondary N) is 2. The van der Waals surface area contributed by atoms with Crippen LogP contribution in [0, 0.1) is 0 Å². The van der Waals surface area contributed by atoms with Gasteiger partial charge in [-0.25, -0.2) is 13.1 Å². The molecule has 0 aliphatic rings. The first-order chi connectivity index (χ1) is 9.20. The molecule has 2 N–H and O–H groups in total. The number of hydrogen-bond acceptors (Lipinski definition) is 3. The molecule has 0 aliphatic heterocycles. The van der Waals surface area contributed by atoms with Crippen molar-refractivity contribution in [3.63, 3.8) is 0 Å². The Kier molecular flexibility index (Phi) is 7.98. The highest BCUT2D eigenvalue weighted by molar-refractivity contribution is 7.89. The summed E-state index contributed by atoms with van der Waals surface area (Å²) in [5.74, 6) is 0. The molecule has 0 saturated heterocycles. The summed E-state index contributed by atoms with van der Waals surface area (Å²) in [5, 5.41) is 2.34. The van der Waals surface area contributed by atoms with E-state index in [0.717, 1.165) is 12.1 Å². The number of alkyl halides is 3. The van der Waals surface area contributed by atoms with E-state index in [1.807, 2.05) is 0 Å². The van der Waals surface area contributed by atoms with Gasteiger partial charge in [-0.15, -0.1) is 12.4 Å². The van der Waals surface area contributed by atoms with E-state index in [9.17, 15) is 21.6 Å². The average molecular weight is 367 g/mol. The van der Waals surface area contributed by atoms with Gasteiger partial charge in [-0.2, -0.15) is 13.2 Å². The second kappa shape index (κ2) is 8.19. The first-order valence-corrected chi connectivity index (χ1v) is 7.56. The van der Waals surface area contributed by atoms with Crippen LogP contribution in [0.15, 0.2) is 23.1 Å². The Balaban J connectivity index is 0.00000400. The molecule has 0 spiro atoms. The molecule has 1 rings (SSSR count). The zero-order valence-electron chi connectivity index (χ0n) is 11.0. The van der Waals surface area contributed by atoms with Crippen molar-refractivity contribution in [1.82, 2.24) is 10.0 Å². The largest absolute Gasteiger partial charge is 0.417 e. The maximum Gasteiger partial charge on any atom is 0.417 e. The topological polar surface area (TPSA) is 58.2 Å². The number of hydrogen-bond donors (Lipinski definition) is 2. The van der Waals surface area contributed by atoms with Crippen molar-refractivity contribution in [1.29, 1.82) is 0 Å². The van der Waals surface area contributed by atoms with Gasteiger partial charge in [0, 0.05) is 6.54 Å². The van der Waals surface area contributed by atoms with Crippen molar-refractivity contribution >= 4 is 34.0 Å². The normalized spacial score (nSPS) is 12.0. The zero-order chi connectivity index (χ0) is 15.4. The summed E-state index contributed by atoms with van der Waals surface area (Å²) in [6, 6.07) is 2.86. The number of benzene rings is 1. The molecule has 122 valence electrons. The fraction of sp³-hybridized carbons (Fsp3) is 0.455. The van der Waals surface area contributed by atoms with Gasteiger partial charge < -0.3 is 5.32 Å². The SMILES string of the molecule is CNCCCNS(=O)(=O)c1c(Cl)cccc1C(F)(F)F.Cl. The lowest BCUT2D eigenvalue weighted by atomic mass is 10.2. The molecule has 0 amide bonds. The highest BCUT2D eigenvalue weighted by Crippen LogP contribution is 2.37. The highest BCUT2D eigenvalue weighted by atomic mass is 35.5. The van der Waals surface area contributed by atoms with Crippen molar-refractivity contribution in [2.45, 2.75) is 17.5 Å². The van der Waals surface area contributed by atoms with Crippen LogP contribution in [0.4, 0.5) is 13.2 Å². The van der Waals surface area contributed by atoms with Gasteiger partial charge in [0.1, 0.15) is 4.90 Å². The molecule has 10 heteroatoms. The smallest absolute Gasteiger partial charge is 0.320 e. The van der Waals surface area contributed by atoms with E-state index >= 15 is 0 Å². The van der Waals surface area contributed by atoms with Crippen molar-refractivity contribution in [3.05, 3.63) is 28.8 Å². The third-order valence-corrected chi connectivity index (χ3v) is 4.43. The molecule has 0 atom stereocenters. The second-order valence-electron chi connectivity index (χ2n) is 3.97. The number of sulfonamides is 1. The first-order valence-electron chi connectivity index (χ1n) is 5.70. The zero-order valence-corrected chi connectivity index (χ0v) is 13.4. The van der Waals surface area contributed by atoms with Crippen LogP contribution in [0.1, 0.15) is 12.0 Å². The third-order valence-electron chi connectivity index (χ3n) is 2.44. The average Bonchev–Trinajstić information content (AvgIpc) is 2.33. The molecule has 0 aliphatic carbocycles. The summed E-state index contributed by atoms with van der Waals surface area (Å²) in [6.45, 7) is 0.558. The van der Waals surface area contributed by atoms with Gasteiger partial charge >= 0.3 is 6.18 Å². The molecule has 21 heavy (non-hydrogen) atoms. The van der Waals surface area contributed by atoms with Crippen LogP contribution in [0.3, 0.4) is 0 Å². The van der Waals surface area contributed by atoms with Gasteiger partial charge in [-0.3, -0.25) is 0 Å². The summed E-state index contributed by atoms with van der Waals surface area (Å²) >= 11 is 5.63. The van der Waals surface area contributed by atoms with Crippen LogP contribution in [-0.2, 0) is 16.2 Å². The Morgan fingerprint density at radius 2 is 1.86 bits per heavy atom. The molecule has 0 fully saturated rings. The lowest BCUT2D eigenvalue weighted by molar-refractivity contribution is -0.139. The predicted octanol–water partition coefficient (Wildman–Crippen LogP) is 2.67. The lowest BCUT2D eigenvalue weighted by Gasteiger charge is -2.15. The Hall–Kier alpha value is -0.540. The van der Waals surface area contributed by atoms with Gasteiger partial charge in [-0.05, 0) is 32.1 Å².